The molecular weight excluding hydrogens is 374 g/mol. The van der Waals surface area contributed by atoms with Gasteiger partial charge in [0, 0.05) is 11.6 Å². The topological polar surface area (TPSA) is 131 Å². The average Bonchev–Trinajstić information content (AvgIpc) is 2.97. The fourth-order valence-electron chi connectivity index (χ4n) is 2.57. The number of aromatic hydroxyl groups is 1. The first-order chi connectivity index (χ1) is 12.8. The number of aromatic nitrogens is 2. The smallest absolute Gasteiger partial charge is 0.331 e. The van der Waals surface area contributed by atoms with E-state index in [1.54, 1.807) is 24.3 Å². The lowest BCUT2D eigenvalue weighted by molar-refractivity contribution is 0.407. The lowest BCUT2D eigenvalue weighted by Gasteiger charge is -2.10. The number of rotatable bonds is 5. The van der Waals surface area contributed by atoms with Crippen molar-refractivity contribution in [3.8, 4) is 11.6 Å². The minimum absolute atomic E-state index is 0.0178. The molecule has 27 heavy (non-hydrogen) atoms. The van der Waals surface area contributed by atoms with Crippen molar-refractivity contribution in [3.05, 3.63) is 67.7 Å². The molecule has 2 N–H and O–H groups in total. The van der Waals surface area contributed by atoms with Crippen LogP contribution in [0.15, 0.2) is 50.3 Å². The second kappa shape index (κ2) is 7.23. The molecular formula is C17H17N3O6S. The van der Waals surface area contributed by atoms with Gasteiger partial charge in [-0.2, -0.15) is 0 Å². The van der Waals surface area contributed by atoms with Gasteiger partial charge in [0.1, 0.15) is 11.3 Å². The number of methoxy groups -OCH3 is 1. The Morgan fingerprint density at radius 2 is 2.04 bits per heavy atom. The molecule has 0 bridgehead atoms. The van der Waals surface area contributed by atoms with Crippen LogP contribution in [0.2, 0.25) is 0 Å². The average molecular weight is 391 g/mol. The molecule has 0 amide bonds. The molecule has 1 aliphatic rings. The van der Waals surface area contributed by atoms with Gasteiger partial charge in [-0.1, -0.05) is 12.1 Å². The van der Waals surface area contributed by atoms with Crippen LogP contribution in [0.25, 0.3) is 0 Å². The summed E-state index contributed by atoms with van der Waals surface area (Å²) in [6, 6.07) is 6.21. The van der Waals surface area contributed by atoms with E-state index in [-0.39, 0.29) is 17.9 Å². The van der Waals surface area contributed by atoms with Gasteiger partial charge >= 0.3 is 5.69 Å². The molecule has 0 spiro atoms. The fraction of sp³-hybridized carbons (Fsp3) is 0.235. The van der Waals surface area contributed by atoms with Gasteiger partial charge in [0.15, 0.2) is 9.84 Å². The van der Waals surface area contributed by atoms with E-state index in [1.807, 2.05) is 0 Å². The summed E-state index contributed by atoms with van der Waals surface area (Å²) in [7, 11) is -1.76. The molecule has 1 atom stereocenters. The summed E-state index contributed by atoms with van der Waals surface area (Å²) in [5, 5.41) is 11.4. The van der Waals surface area contributed by atoms with Crippen LogP contribution in [0.5, 0.6) is 11.6 Å². The molecule has 0 aliphatic carbocycles. The van der Waals surface area contributed by atoms with Crippen LogP contribution in [0.4, 0.5) is 0 Å². The highest BCUT2D eigenvalue weighted by Crippen LogP contribution is 2.16. The third kappa shape index (κ3) is 4.17. The highest BCUT2D eigenvalue weighted by molar-refractivity contribution is 7.94. The van der Waals surface area contributed by atoms with Crippen LogP contribution in [0.3, 0.4) is 0 Å². The summed E-state index contributed by atoms with van der Waals surface area (Å²) in [6.45, 7) is 0.0178. The Balaban J connectivity index is 1.92. The quantitative estimate of drug-likeness (QED) is 0.692. The largest absolute Gasteiger partial charge is 0.497 e. The summed E-state index contributed by atoms with van der Waals surface area (Å²) in [4.78, 5) is 30.2. The number of benzene rings is 1. The van der Waals surface area contributed by atoms with E-state index in [0.29, 0.717) is 11.3 Å². The molecule has 1 aliphatic heterocycles. The zero-order valence-corrected chi connectivity index (χ0v) is 15.1. The Morgan fingerprint density at radius 3 is 2.63 bits per heavy atom. The Kier molecular flexibility index (Phi) is 5.00. The predicted octanol–water partition coefficient (Wildman–Crippen LogP) is 0.0287. The number of sulfone groups is 1. The summed E-state index contributed by atoms with van der Waals surface area (Å²) < 4.78 is 28.9. The number of aliphatic imine (C=N–C) groups is 1. The monoisotopic (exact) mass is 391 g/mol. The zero-order valence-electron chi connectivity index (χ0n) is 14.3. The molecule has 1 aromatic carbocycles. The molecule has 0 saturated carbocycles. The van der Waals surface area contributed by atoms with Crippen LogP contribution >= 0.6 is 0 Å². The Labute approximate surface area is 154 Å². The molecule has 142 valence electrons. The molecule has 1 unspecified atom stereocenters. The predicted molar refractivity (Wildman–Crippen MR) is 99.4 cm³/mol. The minimum atomic E-state index is -3.29. The molecule has 0 fully saturated rings. The first-order valence-electron chi connectivity index (χ1n) is 7.92. The lowest BCUT2D eigenvalue weighted by atomic mass is 10.2. The van der Waals surface area contributed by atoms with Gasteiger partial charge in [-0.15, -0.1) is 0 Å². The van der Waals surface area contributed by atoms with Gasteiger partial charge in [-0.05, 0) is 23.8 Å². The normalized spacial score (nSPS) is 18.2. The van der Waals surface area contributed by atoms with Gasteiger partial charge in [0.25, 0.3) is 5.56 Å². The summed E-state index contributed by atoms with van der Waals surface area (Å²) >= 11 is 0. The van der Waals surface area contributed by atoms with Crippen LogP contribution < -0.4 is 16.0 Å². The van der Waals surface area contributed by atoms with Crippen molar-refractivity contribution in [2.45, 2.75) is 12.6 Å². The third-order valence-electron chi connectivity index (χ3n) is 4.01. The number of aromatic amines is 1. The van der Waals surface area contributed by atoms with Crippen molar-refractivity contribution in [2.75, 3.05) is 12.9 Å². The highest BCUT2D eigenvalue weighted by Gasteiger charge is 2.21. The number of hydrogen-bond donors (Lipinski definition) is 2. The van der Waals surface area contributed by atoms with E-state index >= 15 is 0 Å². The molecule has 0 radical (unpaired) electrons. The first kappa shape index (κ1) is 18.6. The van der Waals surface area contributed by atoms with Gasteiger partial charge in [0.05, 0.1) is 25.4 Å². The Morgan fingerprint density at radius 1 is 1.33 bits per heavy atom. The molecule has 10 heteroatoms. The van der Waals surface area contributed by atoms with Crippen molar-refractivity contribution in [1.82, 2.24) is 9.55 Å². The van der Waals surface area contributed by atoms with Crippen molar-refractivity contribution < 1.29 is 18.3 Å². The zero-order chi connectivity index (χ0) is 19.6. The maximum atomic E-state index is 12.1. The third-order valence-corrected chi connectivity index (χ3v) is 5.39. The summed E-state index contributed by atoms with van der Waals surface area (Å²) in [5.41, 5.74) is -1.10. The Bertz CT molecular complexity index is 1130. The van der Waals surface area contributed by atoms with Gasteiger partial charge in [0.2, 0.25) is 5.88 Å². The Hall–Kier alpha value is -3.14. The van der Waals surface area contributed by atoms with Gasteiger partial charge < -0.3 is 9.84 Å². The van der Waals surface area contributed by atoms with E-state index < -0.39 is 33.0 Å². The van der Waals surface area contributed by atoms with E-state index in [4.69, 9.17) is 4.74 Å². The van der Waals surface area contributed by atoms with E-state index in [2.05, 4.69) is 9.98 Å². The molecule has 9 nitrogen and oxygen atoms in total. The van der Waals surface area contributed by atoms with Crippen molar-refractivity contribution in [1.29, 1.82) is 0 Å². The number of nitrogens with zero attached hydrogens (tertiary/aromatic N) is 2. The van der Waals surface area contributed by atoms with Gasteiger partial charge in [-0.25, -0.2) is 13.2 Å². The maximum absolute atomic E-state index is 12.1. The number of hydrogen-bond acceptors (Lipinski definition) is 7. The van der Waals surface area contributed by atoms with Crippen LogP contribution in [0.1, 0.15) is 11.1 Å². The number of ether oxygens (including phenoxy) is 1. The molecule has 0 saturated heterocycles. The second-order valence-electron chi connectivity index (χ2n) is 5.93. The second-order valence-corrected chi connectivity index (χ2v) is 7.87. The summed E-state index contributed by atoms with van der Waals surface area (Å²) in [5.74, 6) is -0.106. The van der Waals surface area contributed by atoms with Crippen molar-refractivity contribution >= 4 is 16.1 Å². The fourth-order valence-corrected chi connectivity index (χ4v) is 3.78. The van der Waals surface area contributed by atoms with Crippen LogP contribution in [-0.2, 0) is 16.4 Å². The van der Waals surface area contributed by atoms with Crippen molar-refractivity contribution in [3.63, 3.8) is 0 Å². The van der Waals surface area contributed by atoms with Crippen LogP contribution in [-0.4, -0.2) is 48.2 Å². The number of H-pyrrole nitrogens is 1. The molecule has 1 aromatic heterocycles. The lowest BCUT2D eigenvalue weighted by Crippen LogP contribution is -2.32. The number of nitrogens with one attached hydrogen (secondary N) is 1. The van der Waals surface area contributed by atoms with Gasteiger partial charge in [-0.3, -0.25) is 19.3 Å². The molecule has 2 heterocycles. The molecule has 3 rings (SSSR count). The van der Waals surface area contributed by atoms with Crippen LogP contribution in [0, 0.1) is 0 Å². The minimum Gasteiger partial charge on any atom is -0.497 e. The van der Waals surface area contributed by atoms with E-state index in [9.17, 15) is 23.1 Å². The molecule has 2 aromatic rings. The van der Waals surface area contributed by atoms with E-state index in [0.717, 1.165) is 16.2 Å². The first-order valence-corrected chi connectivity index (χ1v) is 9.64. The summed E-state index contributed by atoms with van der Waals surface area (Å²) in [6.07, 6.45) is 2.47. The SMILES string of the molecule is COc1ccc(Cn2c(O)c(C=NC3C=CS(=O)(=O)C3)c(=O)[nH]c2=O)cc1. The maximum Gasteiger partial charge on any atom is 0.331 e. The standard InChI is InChI=1S/C17H17N3O6S/c1-26-13-4-2-11(3-5-13)9-20-16(22)14(15(21)19-17(20)23)8-18-12-6-7-27(24,25)10-12/h2-8,12,22H,9-10H2,1H3,(H,19,21,23). The van der Waals surface area contributed by atoms with Crippen molar-refractivity contribution in [2.24, 2.45) is 4.99 Å². The van der Waals surface area contributed by atoms with E-state index in [1.165, 1.54) is 13.2 Å². The highest BCUT2D eigenvalue weighted by atomic mass is 32.2.